The first-order valence-corrected chi connectivity index (χ1v) is 7.35. The highest BCUT2D eigenvalue weighted by molar-refractivity contribution is 6.00. The van der Waals surface area contributed by atoms with Crippen molar-refractivity contribution in [3.05, 3.63) is 64.2 Å². The second kappa shape index (κ2) is 5.30. The van der Waals surface area contributed by atoms with Crippen molar-refractivity contribution >= 4 is 11.6 Å². The maximum absolute atomic E-state index is 12.0. The summed E-state index contributed by atoms with van der Waals surface area (Å²) in [6.07, 6.45) is -0.447. The van der Waals surface area contributed by atoms with Gasteiger partial charge >= 0.3 is 0 Å². The van der Waals surface area contributed by atoms with E-state index < -0.39 is 6.10 Å². The van der Waals surface area contributed by atoms with Crippen LogP contribution in [0.2, 0.25) is 0 Å². The predicted molar refractivity (Wildman–Crippen MR) is 80.7 cm³/mol. The lowest BCUT2D eigenvalue weighted by molar-refractivity contribution is 0.0507. The zero-order chi connectivity index (χ0) is 16.0. The van der Waals surface area contributed by atoms with Gasteiger partial charge in [0, 0.05) is 11.1 Å². The number of ketones is 2. The molecule has 116 valence electrons. The zero-order valence-corrected chi connectivity index (χ0v) is 12.2. The van der Waals surface area contributed by atoms with E-state index in [0.29, 0.717) is 23.3 Å². The molecule has 0 spiro atoms. The van der Waals surface area contributed by atoms with Gasteiger partial charge in [-0.1, -0.05) is 12.1 Å². The molecule has 0 saturated heterocycles. The number of aromatic hydroxyl groups is 1. The lowest BCUT2D eigenvalue weighted by Gasteiger charge is -2.27. The molecule has 0 saturated carbocycles. The van der Waals surface area contributed by atoms with E-state index in [9.17, 15) is 14.7 Å². The highest BCUT2D eigenvalue weighted by Crippen LogP contribution is 2.35. The fourth-order valence-electron chi connectivity index (χ4n) is 3.12. The average Bonchev–Trinajstić information content (AvgIpc) is 2.55. The first-order valence-electron chi connectivity index (χ1n) is 7.35. The van der Waals surface area contributed by atoms with Crippen LogP contribution in [0.15, 0.2) is 36.4 Å². The van der Waals surface area contributed by atoms with Crippen LogP contribution in [0, 0.1) is 0 Å². The Morgan fingerprint density at radius 3 is 2.57 bits per heavy atom. The van der Waals surface area contributed by atoms with Gasteiger partial charge in [-0.05, 0) is 41.0 Å². The van der Waals surface area contributed by atoms with Crippen molar-refractivity contribution in [1.29, 1.82) is 0 Å². The minimum atomic E-state index is -0.447. The normalized spacial score (nSPS) is 20.1. The van der Waals surface area contributed by atoms with Crippen LogP contribution in [0.4, 0.5) is 0 Å². The molecule has 0 bridgehead atoms. The summed E-state index contributed by atoms with van der Waals surface area (Å²) in [6, 6.07) is 10.2. The summed E-state index contributed by atoms with van der Waals surface area (Å²) in [4.78, 5) is 23.8. The minimum Gasteiger partial charge on any atom is -0.508 e. The van der Waals surface area contributed by atoms with E-state index in [1.54, 1.807) is 18.2 Å². The molecular weight excluding hydrogens is 296 g/mol. The number of Topliss-reactive ketones (excluding diaryl/α,β-unsaturated/α-hetero) is 2. The van der Waals surface area contributed by atoms with Gasteiger partial charge in [-0.15, -0.1) is 0 Å². The second-order valence-corrected chi connectivity index (χ2v) is 5.72. The largest absolute Gasteiger partial charge is 0.508 e. The average molecular weight is 310 g/mol. The molecule has 2 aliphatic heterocycles. The number of carbonyl (C=O) groups excluding carboxylic acids is 2. The monoisotopic (exact) mass is 310 g/mol. The molecule has 1 atom stereocenters. The summed E-state index contributed by atoms with van der Waals surface area (Å²) in [5, 5.41) is 9.73. The number of rotatable bonds is 1. The summed E-state index contributed by atoms with van der Waals surface area (Å²) >= 11 is 0. The van der Waals surface area contributed by atoms with Gasteiger partial charge in [-0.25, -0.2) is 0 Å². The lowest BCUT2D eigenvalue weighted by atomic mass is 9.90. The summed E-state index contributed by atoms with van der Waals surface area (Å²) < 4.78 is 11.0. The number of fused-ring (bicyclic) bond motifs is 2. The van der Waals surface area contributed by atoms with Gasteiger partial charge in [0.15, 0.2) is 11.6 Å². The highest BCUT2D eigenvalue weighted by Gasteiger charge is 2.29. The third kappa shape index (κ3) is 2.34. The van der Waals surface area contributed by atoms with Crippen molar-refractivity contribution in [2.24, 2.45) is 0 Å². The van der Waals surface area contributed by atoms with Gasteiger partial charge in [0.1, 0.15) is 25.1 Å². The number of benzene rings is 2. The minimum absolute atomic E-state index is 0.00500. The van der Waals surface area contributed by atoms with E-state index in [0.717, 1.165) is 11.1 Å². The number of ether oxygens (including phenoxy) is 2. The maximum atomic E-state index is 12.0. The highest BCUT2D eigenvalue weighted by atomic mass is 16.5. The Morgan fingerprint density at radius 2 is 1.70 bits per heavy atom. The van der Waals surface area contributed by atoms with Gasteiger partial charge < -0.3 is 14.6 Å². The number of phenolic OH excluding ortho intramolecular Hbond substituents is 1. The maximum Gasteiger partial charge on any atom is 0.188 e. The molecule has 1 N–H and O–H groups in total. The SMILES string of the molecule is O=C1COCc2cc(C3OCC(=O)c4ccc(O)cc43)ccc21. The molecule has 2 heterocycles. The standard InChI is InChI=1S/C18H14O5/c19-12-2-4-14-15(6-12)18(23-9-17(14)21)10-1-3-13-11(5-10)7-22-8-16(13)20/h1-6,18-19H,7-9H2. The van der Waals surface area contributed by atoms with Crippen molar-refractivity contribution in [3.8, 4) is 5.75 Å². The number of hydrogen-bond acceptors (Lipinski definition) is 5. The molecule has 1 unspecified atom stereocenters. The molecule has 4 rings (SSSR count). The van der Waals surface area contributed by atoms with Gasteiger partial charge in [0.25, 0.3) is 0 Å². The van der Waals surface area contributed by atoms with E-state index in [4.69, 9.17) is 9.47 Å². The van der Waals surface area contributed by atoms with E-state index in [-0.39, 0.29) is 30.5 Å². The molecule has 23 heavy (non-hydrogen) atoms. The summed E-state index contributed by atoms with van der Waals surface area (Å²) in [5.74, 6) is -0.0492. The molecule has 0 fully saturated rings. The van der Waals surface area contributed by atoms with Gasteiger partial charge in [0.2, 0.25) is 0 Å². The lowest BCUT2D eigenvalue weighted by Crippen LogP contribution is -2.24. The molecular formula is C18H14O5. The van der Waals surface area contributed by atoms with Crippen LogP contribution in [0.5, 0.6) is 5.75 Å². The van der Waals surface area contributed by atoms with Crippen LogP contribution in [0.25, 0.3) is 0 Å². The quantitative estimate of drug-likeness (QED) is 0.875. The zero-order valence-electron chi connectivity index (χ0n) is 12.2. The van der Waals surface area contributed by atoms with Crippen LogP contribution < -0.4 is 0 Å². The Labute approximate surface area is 132 Å². The summed E-state index contributed by atoms with van der Waals surface area (Å²) in [7, 11) is 0. The molecule has 5 nitrogen and oxygen atoms in total. The van der Waals surface area contributed by atoms with Crippen molar-refractivity contribution in [1.82, 2.24) is 0 Å². The molecule has 5 heteroatoms. The second-order valence-electron chi connectivity index (χ2n) is 5.72. The Kier molecular flexibility index (Phi) is 3.25. The third-order valence-corrected chi connectivity index (χ3v) is 4.22. The number of phenols is 1. The smallest absolute Gasteiger partial charge is 0.188 e. The van der Waals surface area contributed by atoms with Crippen molar-refractivity contribution in [2.45, 2.75) is 12.7 Å². The van der Waals surface area contributed by atoms with Crippen molar-refractivity contribution in [3.63, 3.8) is 0 Å². The van der Waals surface area contributed by atoms with Crippen molar-refractivity contribution in [2.75, 3.05) is 13.2 Å². The van der Waals surface area contributed by atoms with Crippen LogP contribution in [0.3, 0.4) is 0 Å². The Balaban J connectivity index is 1.80. The van der Waals surface area contributed by atoms with Gasteiger partial charge in [0.05, 0.1) is 6.61 Å². The van der Waals surface area contributed by atoms with Gasteiger partial charge in [-0.2, -0.15) is 0 Å². The molecule has 0 radical (unpaired) electrons. The van der Waals surface area contributed by atoms with E-state index >= 15 is 0 Å². The Morgan fingerprint density at radius 1 is 0.913 bits per heavy atom. The topological polar surface area (TPSA) is 72.8 Å². The van der Waals surface area contributed by atoms with Gasteiger partial charge in [-0.3, -0.25) is 9.59 Å². The number of hydrogen-bond donors (Lipinski definition) is 1. The van der Waals surface area contributed by atoms with E-state index in [1.807, 2.05) is 12.1 Å². The molecule has 0 amide bonds. The van der Waals surface area contributed by atoms with Crippen LogP contribution >= 0.6 is 0 Å². The van der Waals surface area contributed by atoms with Crippen LogP contribution in [-0.2, 0) is 16.1 Å². The first-order chi connectivity index (χ1) is 11.1. The fraction of sp³-hybridized carbons (Fsp3) is 0.222. The van der Waals surface area contributed by atoms with Crippen LogP contribution in [-0.4, -0.2) is 29.9 Å². The number of carbonyl (C=O) groups is 2. The summed E-state index contributed by atoms with van der Waals surface area (Å²) in [5.41, 5.74) is 3.53. The molecule has 2 aliphatic rings. The Hall–Kier alpha value is -2.50. The molecule has 2 aromatic carbocycles. The molecule has 0 aliphatic carbocycles. The Bertz CT molecular complexity index is 824. The van der Waals surface area contributed by atoms with Crippen LogP contribution in [0.1, 0.15) is 43.5 Å². The fourth-order valence-corrected chi connectivity index (χ4v) is 3.12. The van der Waals surface area contributed by atoms with E-state index in [2.05, 4.69) is 0 Å². The predicted octanol–water partition coefficient (Wildman–Crippen LogP) is 2.41. The first kappa shape index (κ1) is 14.1. The molecule has 2 aromatic rings. The van der Waals surface area contributed by atoms with E-state index in [1.165, 1.54) is 6.07 Å². The third-order valence-electron chi connectivity index (χ3n) is 4.22. The molecule has 0 aromatic heterocycles. The summed E-state index contributed by atoms with van der Waals surface area (Å²) in [6.45, 7) is 0.486. The van der Waals surface area contributed by atoms with Crippen molar-refractivity contribution < 1.29 is 24.2 Å².